The second kappa shape index (κ2) is 3.77. The van der Waals surface area contributed by atoms with Crippen LogP contribution in [-0.4, -0.2) is 32.0 Å². The molecule has 1 amide bonds. The van der Waals surface area contributed by atoms with E-state index in [1.807, 2.05) is 13.8 Å². The molecule has 1 N–H and O–H groups in total. The van der Waals surface area contributed by atoms with E-state index in [2.05, 4.69) is 10.3 Å². The molecule has 1 fully saturated rings. The quantitative estimate of drug-likeness (QED) is 0.642. The molecule has 1 heterocycles. The molecule has 1 rings (SSSR count). The van der Waals surface area contributed by atoms with E-state index < -0.39 is 0 Å². The summed E-state index contributed by atoms with van der Waals surface area (Å²) in [6.07, 6.45) is 0.0704. The van der Waals surface area contributed by atoms with Gasteiger partial charge >= 0.3 is 0 Å². The SMILES string of the molecule is CN=C1O[C@H](C)[C@@H](C)C1C(=O)NC. The van der Waals surface area contributed by atoms with E-state index in [9.17, 15) is 4.79 Å². The first-order valence-corrected chi connectivity index (χ1v) is 4.46. The predicted octanol–water partition coefficient (Wildman–Crippen LogP) is 0.432. The largest absolute Gasteiger partial charge is 0.477 e. The topological polar surface area (TPSA) is 50.7 Å². The molecule has 0 bridgehead atoms. The first kappa shape index (κ1) is 10.0. The predicted molar refractivity (Wildman–Crippen MR) is 50.6 cm³/mol. The Labute approximate surface area is 78.4 Å². The van der Waals surface area contributed by atoms with Crippen LogP contribution in [0, 0.1) is 11.8 Å². The Balaban J connectivity index is 2.86. The third-order valence-electron chi connectivity index (χ3n) is 2.59. The minimum absolute atomic E-state index is 0.0162. The van der Waals surface area contributed by atoms with E-state index in [-0.39, 0.29) is 23.8 Å². The fourth-order valence-corrected chi connectivity index (χ4v) is 1.57. The number of hydrogen-bond donors (Lipinski definition) is 1. The van der Waals surface area contributed by atoms with Crippen LogP contribution < -0.4 is 5.32 Å². The third-order valence-corrected chi connectivity index (χ3v) is 2.59. The first-order chi connectivity index (χ1) is 6.11. The molecule has 1 aliphatic rings. The zero-order valence-corrected chi connectivity index (χ0v) is 8.50. The highest BCUT2D eigenvalue weighted by atomic mass is 16.5. The lowest BCUT2D eigenvalue weighted by molar-refractivity contribution is -0.123. The summed E-state index contributed by atoms with van der Waals surface area (Å²) >= 11 is 0. The van der Waals surface area contributed by atoms with E-state index in [1.165, 1.54) is 0 Å². The Morgan fingerprint density at radius 3 is 2.62 bits per heavy atom. The summed E-state index contributed by atoms with van der Waals surface area (Å²) in [5.41, 5.74) is 0. The highest BCUT2D eigenvalue weighted by Gasteiger charge is 2.41. The van der Waals surface area contributed by atoms with Crippen LogP contribution in [-0.2, 0) is 9.53 Å². The normalized spacial score (nSPS) is 36.0. The number of carbonyl (C=O) groups excluding carboxylic acids is 1. The Morgan fingerprint density at radius 1 is 1.54 bits per heavy atom. The van der Waals surface area contributed by atoms with Crippen molar-refractivity contribution < 1.29 is 9.53 Å². The maximum Gasteiger partial charge on any atom is 0.232 e. The number of ether oxygens (including phenoxy) is 1. The molecule has 4 heteroatoms. The van der Waals surface area contributed by atoms with Crippen molar-refractivity contribution in [1.82, 2.24) is 5.32 Å². The molecule has 0 spiro atoms. The first-order valence-electron chi connectivity index (χ1n) is 4.46. The lowest BCUT2D eigenvalue weighted by atomic mass is 9.92. The zero-order valence-electron chi connectivity index (χ0n) is 8.50. The fourth-order valence-electron chi connectivity index (χ4n) is 1.57. The molecule has 0 saturated carbocycles. The molecule has 13 heavy (non-hydrogen) atoms. The lowest BCUT2D eigenvalue weighted by Gasteiger charge is -2.11. The highest BCUT2D eigenvalue weighted by Crippen LogP contribution is 2.28. The summed E-state index contributed by atoms with van der Waals surface area (Å²) in [5, 5.41) is 2.62. The van der Waals surface area contributed by atoms with Gasteiger partial charge in [0.25, 0.3) is 0 Å². The monoisotopic (exact) mass is 184 g/mol. The van der Waals surface area contributed by atoms with Crippen molar-refractivity contribution in [3.63, 3.8) is 0 Å². The van der Waals surface area contributed by atoms with E-state index in [1.54, 1.807) is 14.1 Å². The maximum absolute atomic E-state index is 11.5. The second-order valence-corrected chi connectivity index (χ2v) is 3.34. The minimum atomic E-state index is -0.218. The van der Waals surface area contributed by atoms with Gasteiger partial charge in [-0.25, -0.2) is 0 Å². The van der Waals surface area contributed by atoms with Crippen molar-refractivity contribution in [3.8, 4) is 0 Å². The Hall–Kier alpha value is -1.06. The maximum atomic E-state index is 11.5. The van der Waals surface area contributed by atoms with Crippen molar-refractivity contribution in [2.45, 2.75) is 20.0 Å². The average molecular weight is 184 g/mol. The van der Waals surface area contributed by atoms with Crippen molar-refractivity contribution in [3.05, 3.63) is 0 Å². The van der Waals surface area contributed by atoms with Crippen LogP contribution in [0.3, 0.4) is 0 Å². The van der Waals surface area contributed by atoms with Crippen LogP contribution >= 0.6 is 0 Å². The molecule has 3 atom stereocenters. The van der Waals surface area contributed by atoms with Gasteiger partial charge in [0.15, 0.2) is 5.90 Å². The van der Waals surface area contributed by atoms with Crippen LogP contribution in [0.15, 0.2) is 4.99 Å². The van der Waals surface area contributed by atoms with Crippen molar-refractivity contribution in [1.29, 1.82) is 0 Å². The zero-order chi connectivity index (χ0) is 10.0. The average Bonchev–Trinajstić information content (AvgIpc) is 2.42. The van der Waals surface area contributed by atoms with Gasteiger partial charge in [0.05, 0.1) is 0 Å². The van der Waals surface area contributed by atoms with Gasteiger partial charge in [-0.05, 0) is 6.92 Å². The molecule has 0 aromatic carbocycles. The van der Waals surface area contributed by atoms with E-state index in [4.69, 9.17) is 4.74 Å². The minimum Gasteiger partial charge on any atom is -0.477 e. The molecule has 0 aromatic rings. The van der Waals surface area contributed by atoms with Gasteiger partial charge in [-0.1, -0.05) is 6.92 Å². The van der Waals surface area contributed by atoms with Gasteiger partial charge in [0.1, 0.15) is 12.0 Å². The fraction of sp³-hybridized carbons (Fsp3) is 0.778. The molecule has 1 saturated heterocycles. The van der Waals surface area contributed by atoms with E-state index >= 15 is 0 Å². The molecule has 0 aliphatic carbocycles. The third kappa shape index (κ3) is 1.66. The molecule has 1 unspecified atom stereocenters. The standard InChI is InChI=1S/C9H16N2O2/c1-5-6(2)13-9(11-4)7(5)8(12)10-3/h5-7H,1-4H3,(H,10,12)/t5-,6-,7?/m1/s1. The van der Waals surface area contributed by atoms with Crippen molar-refractivity contribution >= 4 is 11.8 Å². The van der Waals surface area contributed by atoms with E-state index in [0.29, 0.717) is 5.90 Å². The summed E-state index contributed by atoms with van der Waals surface area (Å²) in [6.45, 7) is 3.96. The van der Waals surface area contributed by atoms with Gasteiger partial charge in [-0.3, -0.25) is 9.79 Å². The number of aliphatic imine (C=N–C) groups is 1. The molecule has 1 aliphatic heterocycles. The molecule has 0 radical (unpaired) electrons. The van der Waals surface area contributed by atoms with Gasteiger partial charge in [-0.15, -0.1) is 0 Å². The number of nitrogens with one attached hydrogen (secondary N) is 1. The van der Waals surface area contributed by atoms with Gasteiger partial charge in [0.2, 0.25) is 5.91 Å². The van der Waals surface area contributed by atoms with Crippen LogP contribution in [0.25, 0.3) is 0 Å². The molecular weight excluding hydrogens is 168 g/mol. The van der Waals surface area contributed by atoms with E-state index in [0.717, 1.165) is 0 Å². The molecule has 4 nitrogen and oxygen atoms in total. The van der Waals surface area contributed by atoms with Crippen LogP contribution in [0.1, 0.15) is 13.8 Å². The van der Waals surface area contributed by atoms with Crippen LogP contribution in [0.4, 0.5) is 0 Å². The van der Waals surface area contributed by atoms with Crippen molar-refractivity contribution in [2.75, 3.05) is 14.1 Å². The summed E-state index contributed by atoms with van der Waals surface area (Å²) in [6, 6.07) is 0. The summed E-state index contributed by atoms with van der Waals surface area (Å²) in [7, 11) is 3.28. The Bertz CT molecular complexity index is 238. The number of hydrogen-bond acceptors (Lipinski definition) is 3. The van der Waals surface area contributed by atoms with Crippen LogP contribution in [0.5, 0.6) is 0 Å². The van der Waals surface area contributed by atoms with Gasteiger partial charge in [-0.2, -0.15) is 0 Å². The number of rotatable bonds is 1. The molecule has 0 aromatic heterocycles. The van der Waals surface area contributed by atoms with Crippen molar-refractivity contribution in [2.24, 2.45) is 16.8 Å². The second-order valence-electron chi connectivity index (χ2n) is 3.34. The van der Waals surface area contributed by atoms with Gasteiger partial charge in [0, 0.05) is 20.0 Å². The summed E-state index contributed by atoms with van der Waals surface area (Å²) < 4.78 is 5.45. The summed E-state index contributed by atoms with van der Waals surface area (Å²) in [4.78, 5) is 15.4. The summed E-state index contributed by atoms with van der Waals surface area (Å²) in [5.74, 6) is 0.514. The lowest BCUT2D eigenvalue weighted by Crippen LogP contribution is -2.34. The van der Waals surface area contributed by atoms with Crippen LogP contribution in [0.2, 0.25) is 0 Å². The van der Waals surface area contributed by atoms with Gasteiger partial charge < -0.3 is 10.1 Å². The number of nitrogens with zero attached hydrogens (tertiary/aromatic N) is 1. The molecule has 74 valence electrons. The molecular formula is C9H16N2O2. The number of amides is 1. The Kier molecular flexibility index (Phi) is 2.90. The smallest absolute Gasteiger partial charge is 0.232 e. The Morgan fingerprint density at radius 2 is 2.15 bits per heavy atom. The highest BCUT2D eigenvalue weighted by molar-refractivity contribution is 6.01. The number of carbonyl (C=O) groups is 1.